The van der Waals surface area contributed by atoms with Crippen molar-refractivity contribution in [2.45, 2.75) is 45.6 Å². The first kappa shape index (κ1) is 9.07. The van der Waals surface area contributed by atoms with Crippen molar-refractivity contribution in [1.29, 1.82) is 0 Å². The molecular formula is C10H15ClN2. The fourth-order valence-electron chi connectivity index (χ4n) is 2.05. The van der Waals surface area contributed by atoms with Gasteiger partial charge in [0, 0.05) is 11.7 Å². The number of rotatable bonds is 1. The normalized spacial score (nSPS) is 16.3. The summed E-state index contributed by atoms with van der Waals surface area (Å²) in [4.78, 5) is 4.40. The van der Waals surface area contributed by atoms with Gasteiger partial charge in [-0.25, -0.2) is 4.98 Å². The SMILES string of the molecule is CC(C)n1c(Cl)nc2c1CCCC2. The summed E-state index contributed by atoms with van der Waals surface area (Å²) in [6, 6.07) is 0.432. The van der Waals surface area contributed by atoms with Crippen LogP contribution in [0.4, 0.5) is 0 Å². The van der Waals surface area contributed by atoms with E-state index in [-0.39, 0.29) is 0 Å². The Balaban J connectivity index is 2.48. The van der Waals surface area contributed by atoms with Crippen LogP contribution in [-0.2, 0) is 12.8 Å². The molecule has 0 aromatic carbocycles. The van der Waals surface area contributed by atoms with Crippen molar-refractivity contribution in [2.24, 2.45) is 0 Å². The standard InChI is InChI=1S/C10H15ClN2/c1-7(2)13-9-6-4-3-5-8(9)12-10(13)11/h7H,3-6H2,1-2H3. The van der Waals surface area contributed by atoms with Crippen molar-refractivity contribution in [1.82, 2.24) is 9.55 Å². The summed E-state index contributed by atoms with van der Waals surface area (Å²) < 4.78 is 2.16. The van der Waals surface area contributed by atoms with Gasteiger partial charge in [0.2, 0.25) is 5.28 Å². The van der Waals surface area contributed by atoms with Gasteiger partial charge in [-0.3, -0.25) is 0 Å². The first-order valence-corrected chi connectivity index (χ1v) is 5.33. The molecule has 0 spiro atoms. The molecule has 0 radical (unpaired) electrons. The molecule has 0 fully saturated rings. The number of nitrogens with zero attached hydrogens (tertiary/aromatic N) is 2. The van der Waals surface area contributed by atoms with Gasteiger partial charge in [0.25, 0.3) is 0 Å². The molecule has 2 rings (SSSR count). The van der Waals surface area contributed by atoms with Gasteiger partial charge in [0.05, 0.1) is 5.69 Å². The smallest absolute Gasteiger partial charge is 0.203 e. The summed E-state index contributed by atoms with van der Waals surface area (Å²) in [7, 11) is 0. The molecule has 13 heavy (non-hydrogen) atoms. The number of imidazole rings is 1. The number of hydrogen-bond acceptors (Lipinski definition) is 1. The topological polar surface area (TPSA) is 17.8 Å². The van der Waals surface area contributed by atoms with Crippen molar-refractivity contribution in [2.75, 3.05) is 0 Å². The van der Waals surface area contributed by atoms with Crippen LogP contribution in [0.15, 0.2) is 0 Å². The summed E-state index contributed by atoms with van der Waals surface area (Å²) in [5.41, 5.74) is 2.59. The summed E-state index contributed by atoms with van der Waals surface area (Å²) in [6.45, 7) is 4.31. The van der Waals surface area contributed by atoms with E-state index in [9.17, 15) is 0 Å². The predicted octanol–water partition coefficient (Wildman–Crippen LogP) is 3.00. The van der Waals surface area contributed by atoms with Gasteiger partial charge in [-0.05, 0) is 51.1 Å². The van der Waals surface area contributed by atoms with Crippen molar-refractivity contribution in [3.8, 4) is 0 Å². The minimum Gasteiger partial charge on any atom is -0.316 e. The molecule has 0 atom stereocenters. The molecule has 0 saturated heterocycles. The van der Waals surface area contributed by atoms with Gasteiger partial charge in [0.1, 0.15) is 0 Å². The maximum Gasteiger partial charge on any atom is 0.203 e. The van der Waals surface area contributed by atoms with Crippen molar-refractivity contribution >= 4 is 11.6 Å². The minimum absolute atomic E-state index is 0.432. The van der Waals surface area contributed by atoms with E-state index in [2.05, 4.69) is 23.4 Å². The molecule has 0 bridgehead atoms. The lowest BCUT2D eigenvalue weighted by molar-refractivity contribution is 0.549. The Kier molecular flexibility index (Phi) is 2.33. The van der Waals surface area contributed by atoms with Crippen LogP contribution in [0.2, 0.25) is 5.28 Å². The van der Waals surface area contributed by atoms with Gasteiger partial charge >= 0.3 is 0 Å². The third kappa shape index (κ3) is 1.48. The molecule has 0 N–H and O–H groups in total. The third-order valence-electron chi connectivity index (χ3n) is 2.64. The maximum atomic E-state index is 6.08. The molecule has 1 aromatic heterocycles. The predicted molar refractivity (Wildman–Crippen MR) is 54.3 cm³/mol. The van der Waals surface area contributed by atoms with Crippen molar-refractivity contribution in [3.05, 3.63) is 16.7 Å². The van der Waals surface area contributed by atoms with E-state index in [0.717, 1.165) is 12.8 Å². The van der Waals surface area contributed by atoms with Crippen LogP contribution in [0.1, 0.15) is 44.1 Å². The Morgan fingerprint density at radius 1 is 1.31 bits per heavy atom. The number of aryl methyl sites for hydroxylation is 1. The lowest BCUT2D eigenvalue weighted by atomic mass is 10.0. The molecule has 1 aromatic rings. The van der Waals surface area contributed by atoms with Crippen molar-refractivity contribution in [3.63, 3.8) is 0 Å². The molecule has 2 nitrogen and oxygen atoms in total. The zero-order valence-corrected chi connectivity index (χ0v) is 8.93. The summed E-state index contributed by atoms with van der Waals surface area (Å²) in [5, 5.41) is 0.668. The van der Waals surface area contributed by atoms with Crippen LogP contribution in [0.25, 0.3) is 0 Å². The largest absolute Gasteiger partial charge is 0.316 e. The van der Waals surface area contributed by atoms with E-state index in [1.807, 2.05) is 0 Å². The second-order valence-electron chi connectivity index (χ2n) is 3.95. The molecule has 72 valence electrons. The summed E-state index contributed by atoms with van der Waals surface area (Å²) in [6.07, 6.45) is 4.79. The second-order valence-corrected chi connectivity index (χ2v) is 4.28. The Bertz CT molecular complexity index is 315. The Labute approximate surface area is 83.9 Å². The van der Waals surface area contributed by atoms with Crippen LogP contribution in [0.3, 0.4) is 0 Å². The summed E-state index contributed by atoms with van der Waals surface area (Å²) in [5.74, 6) is 0. The number of aromatic nitrogens is 2. The molecule has 3 heteroatoms. The fourth-order valence-corrected chi connectivity index (χ4v) is 2.45. The highest BCUT2D eigenvalue weighted by atomic mass is 35.5. The quantitative estimate of drug-likeness (QED) is 0.679. The molecule has 0 saturated carbocycles. The van der Waals surface area contributed by atoms with Crippen molar-refractivity contribution < 1.29 is 0 Å². The molecule has 0 amide bonds. The van der Waals surface area contributed by atoms with E-state index in [1.165, 1.54) is 24.2 Å². The average molecular weight is 199 g/mol. The highest BCUT2D eigenvalue weighted by Gasteiger charge is 2.19. The Morgan fingerprint density at radius 2 is 2.00 bits per heavy atom. The average Bonchev–Trinajstić information content (AvgIpc) is 2.39. The highest BCUT2D eigenvalue weighted by molar-refractivity contribution is 6.28. The zero-order valence-electron chi connectivity index (χ0n) is 8.18. The van der Waals surface area contributed by atoms with E-state index in [1.54, 1.807) is 0 Å². The molecule has 1 aliphatic carbocycles. The molecule has 1 aliphatic rings. The van der Waals surface area contributed by atoms with E-state index in [4.69, 9.17) is 11.6 Å². The van der Waals surface area contributed by atoms with Crippen LogP contribution in [0.5, 0.6) is 0 Å². The molecule has 0 aliphatic heterocycles. The molecule has 0 unspecified atom stereocenters. The Morgan fingerprint density at radius 3 is 2.69 bits per heavy atom. The van der Waals surface area contributed by atoms with Crippen LogP contribution in [-0.4, -0.2) is 9.55 Å². The first-order valence-electron chi connectivity index (χ1n) is 4.95. The molecular weight excluding hydrogens is 184 g/mol. The van der Waals surface area contributed by atoms with Gasteiger partial charge in [0.15, 0.2) is 0 Å². The van der Waals surface area contributed by atoms with Crippen LogP contribution in [0, 0.1) is 0 Å². The minimum atomic E-state index is 0.432. The van der Waals surface area contributed by atoms with Gasteiger partial charge < -0.3 is 4.57 Å². The number of halogens is 1. The van der Waals surface area contributed by atoms with E-state index < -0.39 is 0 Å². The first-order chi connectivity index (χ1) is 6.20. The van der Waals surface area contributed by atoms with Gasteiger partial charge in [-0.2, -0.15) is 0 Å². The maximum absolute atomic E-state index is 6.08. The third-order valence-corrected chi connectivity index (χ3v) is 2.91. The molecule has 1 heterocycles. The number of hydrogen-bond donors (Lipinski definition) is 0. The Hall–Kier alpha value is -0.500. The van der Waals surface area contributed by atoms with Gasteiger partial charge in [-0.1, -0.05) is 0 Å². The number of fused-ring (bicyclic) bond motifs is 1. The lowest BCUT2D eigenvalue weighted by Crippen LogP contribution is -2.10. The van der Waals surface area contributed by atoms with E-state index in [0.29, 0.717) is 11.3 Å². The summed E-state index contributed by atoms with van der Waals surface area (Å²) >= 11 is 6.08. The highest BCUT2D eigenvalue weighted by Crippen LogP contribution is 2.27. The fraction of sp³-hybridized carbons (Fsp3) is 0.700. The van der Waals surface area contributed by atoms with Crippen LogP contribution >= 0.6 is 11.6 Å². The zero-order chi connectivity index (χ0) is 9.42. The lowest BCUT2D eigenvalue weighted by Gasteiger charge is -2.16. The van der Waals surface area contributed by atoms with Crippen LogP contribution < -0.4 is 0 Å². The monoisotopic (exact) mass is 198 g/mol. The second kappa shape index (κ2) is 3.33. The van der Waals surface area contributed by atoms with E-state index >= 15 is 0 Å². The van der Waals surface area contributed by atoms with Gasteiger partial charge in [-0.15, -0.1) is 0 Å².